The molecule has 0 radical (unpaired) electrons. The van der Waals surface area contributed by atoms with Gasteiger partial charge in [0.15, 0.2) is 5.82 Å². The lowest BCUT2D eigenvalue weighted by Crippen LogP contribution is -2.43. The molecular formula is C32H40ClF5N8O2. The SMILES string of the molecule is CN(C)CC(N)=C(Cl)C1=NCCCN(c2nc(OC[C@@]34CCCN3C[C@H](F)C4)nc3c2CO[C@H](c2c(C(F)(F)F)ccc(N)c2F)C3)C1. The van der Waals surface area contributed by atoms with Gasteiger partial charge in [0.05, 0.1) is 52.5 Å². The van der Waals surface area contributed by atoms with Crippen LogP contribution < -0.4 is 21.1 Å². The lowest BCUT2D eigenvalue weighted by molar-refractivity contribution is -0.140. The molecule has 0 aliphatic carbocycles. The second kappa shape index (κ2) is 13.6. The van der Waals surface area contributed by atoms with E-state index in [1.54, 1.807) is 0 Å². The Morgan fingerprint density at radius 2 is 2.00 bits per heavy atom. The van der Waals surface area contributed by atoms with Crippen LogP contribution in [0.25, 0.3) is 0 Å². The Labute approximate surface area is 280 Å². The molecule has 10 nitrogen and oxygen atoms in total. The Morgan fingerprint density at radius 3 is 2.75 bits per heavy atom. The molecule has 262 valence electrons. The smallest absolute Gasteiger partial charge is 0.416 e. The van der Waals surface area contributed by atoms with Gasteiger partial charge in [-0.15, -0.1) is 0 Å². The normalized spacial score (nSPS) is 25.4. The quantitative estimate of drug-likeness (QED) is 0.301. The van der Waals surface area contributed by atoms with E-state index in [1.807, 2.05) is 23.9 Å². The molecule has 4 aliphatic rings. The lowest BCUT2D eigenvalue weighted by atomic mass is 9.93. The van der Waals surface area contributed by atoms with Crippen LogP contribution >= 0.6 is 11.6 Å². The molecule has 2 saturated heterocycles. The minimum absolute atomic E-state index is 0.00600. The predicted molar refractivity (Wildman–Crippen MR) is 172 cm³/mol. The number of fused-ring (bicyclic) bond motifs is 2. The first-order valence-electron chi connectivity index (χ1n) is 16.0. The summed E-state index contributed by atoms with van der Waals surface area (Å²) >= 11 is 6.72. The second-order valence-corrected chi connectivity index (χ2v) is 13.6. The molecule has 5 heterocycles. The van der Waals surface area contributed by atoms with Crippen molar-refractivity contribution in [1.29, 1.82) is 0 Å². The van der Waals surface area contributed by atoms with Crippen LogP contribution in [0.1, 0.15) is 54.2 Å². The van der Waals surface area contributed by atoms with Crippen LogP contribution in [-0.2, 0) is 23.9 Å². The average molecular weight is 699 g/mol. The molecule has 0 spiro atoms. The summed E-state index contributed by atoms with van der Waals surface area (Å²) in [5.74, 6) is -0.741. The van der Waals surface area contributed by atoms with Crippen molar-refractivity contribution in [3.8, 4) is 6.01 Å². The van der Waals surface area contributed by atoms with Crippen LogP contribution in [0, 0.1) is 5.82 Å². The number of nitrogen functional groups attached to an aromatic ring is 1. The molecule has 3 atom stereocenters. The summed E-state index contributed by atoms with van der Waals surface area (Å²) in [6.45, 7) is 2.73. The first-order chi connectivity index (χ1) is 22.8. The molecule has 4 aliphatic heterocycles. The molecule has 4 N–H and O–H groups in total. The van der Waals surface area contributed by atoms with Gasteiger partial charge in [0.1, 0.15) is 18.6 Å². The number of ether oxygens (including phenoxy) is 2. The predicted octanol–water partition coefficient (Wildman–Crippen LogP) is 4.61. The number of hydrogen-bond acceptors (Lipinski definition) is 10. The summed E-state index contributed by atoms with van der Waals surface area (Å²) in [7, 11) is 3.74. The van der Waals surface area contributed by atoms with E-state index in [9.17, 15) is 17.6 Å². The number of aliphatic imine (C=N–C) groups is 1. The van der Waals surface area contributed by atoms with Gasteiger partial charge in [-0.2, -0.15) is 23.1 Å². The molecule has 16 heteroatoms. The zero-order chi connectivity index (χ0) is 34.4. The number of hydrogen-bond donors (Lipinski definition) is 2. The molecular weight excluding hydrogens is 659 g/mol. The van der Waals surface area contributed by atoms with Crippen LogP contribution in [0.2, 0.25) is 0 Å². The molecule has 1 aromatic heterocycles. The van der Waals surface area contributed by atoms with Crippen molar-refractivity contribution in [2.24, 2.45) is 10.7 Å². The van der Waals surface area contributed by atoms with Crippen LogP contribution in [-0.4, -0.2) is 97.2 Å². The van der Waals surface area contributed by atoms with Crippen molar-refractivity contribution >= 4 is 28.8 Å². The van der Waals surface area contributed by atoms with Crippen molar-refractivity contribution < 1.29 is 31.4 Å². The van der Waals surface area contributed by atoms with Crippen LogP contribution in [0.3, 0.4) is 0 Å². The highest BCUT2D eigenvalue weighted by Crippen LogP contribution is 2.44. The zero-order valence-corrected chi connectivity index (χ0v) is 27.7. The number of halogens is 6. The Hall–Kier alpha value is -3.27. The lowest BCUT2D eigenvalue weighted by Gasteiger charge is -2.33. The topological polar surface area (TPSA) is 118 Å². The highest BCUT2D eigenvalue weighted by atomic mass is 35.5. The van der Waals surface area contributed by atoms with E-state index in [0.717, 1.165) is 31.5 Å². The van der Waals surface area contributed by atoms with Gasteiger partial charge in [0, 0.05) is 55.8 Å². The van der Waals surface area contributed by atoms with Crippen LogP contribution in [0.5, 0.6) is 6.01 Å². The van der Waals surface area contributed by atoms with E-state index in [-0.39, 0.29) is 32.2 Å². The summed E-state index contributed by atoms with van der Waals surface area (Å²) in [6.07, 6.45) is -4.66. The standard InChI is InChI=1S/C32H40ClF5N8O2/c1-44(2)14-22(40)27(33)24-15-45(9-4-8-41-24)29-19-16-47-25(26-20(32(36,37)38)5-6-21(39)28(26)35)11-23(19)42-30(43-29)48-17-31-7-3-10-46(31)13-18(34)12-31/h5-6,18,25H,3-4,7-17,39-40H2,1-2H3/t18-,25+,31+/m1/s1. The molecule has 1 aromatic carbocycles. The fourth-order valence-electron chi connectivity index (χ4n) is 7.26. The number of nitrogens with zero attached hydrogens (tertiary/aromatic N) is 6. The molecule has 0 bridgehead atoms. The maximum Gasteiger partial charge on any atom is 0.416 e. The largest absolute Gasteiger partial charge is 0.461 e. The highest BCUT2D eigenvalue weighted by molar-refractivity contribution is 6.44. The van der Waals surface area contributed by atoms with E-state index in [2.05, 4.69) is 14.9 Å². The van der Waals surface area contributed by atoms with E-state index < -0.39 is 46.6 Å². The van der Waals surface area contributed by atoms with Crippen LogP contribution in [0.15, 0.2) is 27.9 Å². The Kier molecular flexibility index (Phi) is 9.77. The van der Waals surface area contributed by atoms with E-state index >= 15 is 4.39 Å². The first-order valence-corrected chi connectivity index (χ1v) is 16.4. The molecule has 0 amide bonds. The zero-order valence-electron chi connectivity index (χ0n) is 26.9. The summed E-state index contributed by atoms with van der Waals surface area (Å²) < 4.78 is 84.1. The van der Waals surface area contributed by atoms with Gasteiger partial charge in [-0.05, 0) is 52.0 Å². The molecule has 2 aromatic rings. The monoisotopic (exact) mass is 698 g/mol. The van der Waals surface area contributed by atoms with Crippen LogP contribution in [0.4, 0.5) is 33.5 Å². The van der Waals surface area contributed by atoms with E-state index in [0.29, 0.717) is 72.5 Å². The Morgan fingerprint density at radius 1 is 1.21 bits per heavy atom. The van der Waals surface area contributed by atoms with Gasteiger partial charge >= 0.3 is 12.2 Å². The summed E-state index contributed by atoms with van der Waals surface area (Å²) in [5, 5.41) is 0.338. The Bertz CT molecular complexity index is 1610. The number of rotatable bonds is 8. The second-order valence-electron chi connectivity index (χ2n) is 13.2. The van der Waals surface area contributed by atoms with Gasteiger partial charge in [0.2, 0.25) is 0 Å². The molecule has 6 rings (SSSR count). The van der Waals surface area contributed by atoms with E-state index in [1.165, 1.54) is 0 Å². The van der Waals surface area contributed by atoms with Gasteiger partial charge in [-0.25, -0.2) is 8.78 Å². The number of anilines is 2. The molecule has 0 saturated carbocycles. The molecule has 2 fully saturated rings. The third kappa shape index (κ3) is 6.92. The fourth-order valence-corrected chi connectivity index (χ4v) is 7.44. The highest BCUT2D eigenvalue weighted by Gasteiger charge is 2.49. The van der Waals surface area contributed by atoms with Gasteiger partial charge in [-0.1, -0.05) is 11.6 Å². The number of benzene rings is 1. The maximum atomic E-state index is 15.3. The Balaban J connectivity index is 1.37. The summed E-state index contributed by atoms with van der Waals surface area (Å²) in [6, 6.07) is 1.65. The van der Waals surface area contributed by atoms with Gasteiger partial charge < -0.3 is 30.7 Å². The van der Waals surface area contributed by atoms with Gasteiger partial charge in [0.25, 0.3) is 0 Å². The molecule has 0 unspecified atom stereocenters. The number of aromatic nitrogens is 2. The molecule has 48 heavy (non-hydrogen) atoms. The summed E-state index contributed by atoms with van der Waals surface area (Å²) in [5.41, 5.74) is 11.2. The fraction of sp³-hybridized carbons (Fsp3) is 0.594. The minimum Gasteiger partial charge on any atom is -0.461 e. The van der Waals surface area contributed by atoms with Crippen molar-refractivity contribution in [2.45, 2.75) is 62.7 Å². The third-order valence-corrected chi connectivity index (χ3v) is 9.94. The number of nitrogens with two attached hydrogens (primary N) is 2. The van der Waals surface area contributed by atoms with Crippen molar-refractivity contribution in [2.75, 3.05) is 70.6 Å². The van der Waals surface area contributed by atoms with Crippen molar-refractivity contribution in [3.05, 3.63) is 51.1 Å². The van der Waals surface area contributed by atoms with Crippen molar-refractivity contribution in [3.63, 3.8) is 0 Å². The number of alkyl halides is 4. The first kappa shape index (κ1) is 34.6. The van der Waals surface area contributed by atoms with E-state index in [4.69, 9.17) is 37.5 Å². The summed E-state index contributed by atoms with van der Waals surface area (Å²) in [4.78, 5) is 20.0. The third-order valence-electron chi connectivity index (χ3n) is 9.48. The van der Waals surface area contributed by atoms with Gasteiger partial charge in [-0.3, -0.25) is 9.89 Å². The maximum absolute atomic E-state index is 15.3. The minimum atomic E-state index is -4.84. The number of likely N-dealkylation sites (N-methyl/N-ethyl adjacent to an activating group) is 1. The van der Waals surface area contributed by atoms with Crippen molar-refractivity contribution in [1.82, 2.24) is 19.8 Å². The average Bonchev–Trinajstić information content (AvgIpc) is 3.43.